The molecule has 2 aromatic rings. The summed E-state index contributed by atoms with van der Waals surface area (Å²) in [6, 6.07) is 11.3. The van der Waals surface area contributed by atoms with Crippen LogP contribution in [0.3, 0.4) is 0 Å². The maximum Gasteiger partial charge on any atom is 0.253 e. The van der Waals surface area contributed by atoms with Gasteiger partial charge in [-0.1, -0.05) is 55.2 Å². The normalized spacial score (nSPS) is 11.9. The molecule has 6 heteroatoms. The van der Waals surface area contributed by atoms with Gasteiger partial charge in [-0.25, -0.2) is 0 Å². The lowest BCUT2D eigenvalue weighted by atomic mass is 10.0. The van der Waals surface area contributed by atoms with Gasteiger partial charge >= 0.3 is 0 Å². The number of hydrogen-bond donors (Lipinski definition) is 2. The van der Waals surface area contributed by atoms with E-state index in [0.29, 0.717) is 21.3 Å². The summed E-state index contributed by atoms with van der Waals surface area (Å²) in [5, 5.41) is 6.31. The minimum atomic E-state index is -0.721. The molecule has 0 radical (unpaired) electrons. The molecular weight excluding hydrogens is 359 g/mol. The summed E-state index contributed by atoms with van der Waals surface area (Å²) < 4.78 is 0. The number of hydrogen-bond acceptors (Lipinski definition) is 2. The Balaban J connectivity index is 2.16. The van der Waals surface area contributed by atoms with Crippen LogP contribution in [0.4, 0.5) is 5.69 Å². The maximum atomic E-state index is 12.6. The highest BCUT2D eigenvalue weighted by Crippen LogP contribution is 2.23. The summed E-state index contributed by atoms with van der Waals surface area (Å²) in [6.07, 6.45) is 0. The zero-order chi connectivity index (χ0) is 18.6. The fraction of sp³-hybridized carbons (Fsp3) is 0.263. The molecule has 0 heterocycles. The third kappa shape index (κ3) is 4.97. The third-order valence-corrected chi connectivity index (χ3v) is 4.38. The quantitative estimate of drug-likeness (QED) is 0.792. The van der Waals surface area contributed by atoms with Crippen LogP contribution in [0, 0.1) is 12.8 Å². The van der Waals surface area contributed by atoms with Gasteiger partial charge in [-0.3, -0.25) is 9.59 Å². The van der Waals surface area contributed by atoms with Crippen LogP contribution in [0.1, 0.15) is 29.8 Å². The van der Waals surface area contributed by atoms with Gasteiger partial charge in [-0.15, -0.1) is 0 Å². The van der Waals surface area contributed by atoms with Gasteiger partial charge in [-0.2, -0.15) is 0 Å². The standard InChI is InChI=1S/C19H20Cl2N2O2/c1-11(2)17(23-18(24)13-6-4-5-7-14(13)20)19(25)22-16-9-8-12(3)10-15(16)21/h4-11,17H,1-3H3,(H,22,25)(H,23,24). The monoisotopic (exact) mass is 378 g/mol. The van der Waals surface area contributed by atoms with Crippen molar-refractivity contribution in [3.05, 3.63) is 63.6 Å². The van der Waals surface area contributed by atoms with E-state index in [9.17, 15) is 9.59 Å². The fourth-order valence-corrected chi connectivity index (χ4v) is 2.84. The number of rotatable bonds is 5. The van der Waals surface area contributed by atoms with Crippen molar-refractivity contribution < 1.29 is 9.59 Å². The fourth-order valence-electron chi connectivity index (χ4n) is 2.33. The number of amides is 2. The van der Waals surface area contributed by atoms with Gasteiger partial charge in [0.25, 0.3) is 5.91 Å². The number of benzene rings is 2. The first kappa shape index (κ1) is 19.3. The van der Waals surface area contributed by atoms with Crippen molar-refractivity contribution in [2.75, 3.05) is 5.32 Å². The predicted octanol–water partition coefficient (Wildman–Crippen LogP) is 4.69. The molecule has 132 valence electrons. The highest BCUT2D eigenvalue weighted by molar-refractivity contribution is 6.34. The van der Waals surface area contributed by atoms with Crippen LogP contribution in [0.25, 0.3) is 0 Å². The molecule has 0 spiro atoms. The lowest BCUT2D eigenvalue weighted by Gasteiger charge is -2.22. The van der Waals surface area contributed by atoms with Crippen LogP contribution in [-0.4, -0.2) is 17.9 Å². The first-order chi connectivity index (χ1) is 11.8. The highest BCUT2D eigenvalue weighted by atomic mass is 35.5. The van der Waals surface area contributed by atoms with E-state index >= 15 is 0 Å². The van der Waals surface area contributed by atoms with E-state index in [2.05, 4.69) is 10.6 Å². The van der Waals surface area contributed by atoms with E-state index in [-0.39, 0.29) is 11.8 Å². The van der Waals surface area contributed by atoms with Gasteiger partial charge in [0, 0.05) is 0 Å². The van der Waals surface area contributed by atoms with Crippen molar-refractivity contribution in [2.45, 2.75) is 26.8 Å². The Morgan fingerprint density at radius 1 is 1.00 bits per heavy atom. The average Bonchev–Trinajstić information content (AvgIpc) is 2.55. The summed E-state index contributed by atoms with van der Waals surface area (Å²) in [4.78, 5) is 25.1. The Kier molecular flexibility index (Phi) is 6.45. The zero-order valence-electron chi connectivity index (χ0n) is 14.3. The molecule has 2 amide bonds. The van der Waals surface area contributed by atoms with Crippen molar-refractivity contribution in [2.24, 2.45) is 5.92 Å². The van der Waals surface area contributed by atoms with Gasteiger partial charge in [0.2, 0.25) is 5.91 Å². The summed E-state index contributed by atoms with van der Waals surface area (Å²) in [5.74, 6) is -0.841. The van der Waals surface area contributed by atoms with Crippen molar-refractivity contribution >= 4 is 40.7 Å². The van der Waals surface area contributed by atoms with Gasteiger partial charge in [0.15, 0.2) is 0 Å². The van der Waals surface area contributed by atoms with Crippen LogP contribution in [-0.2, 0) is 4.79 Å². The van der Waals surface area contributed by atoms with E-state index in [0.717, 1.165) is 5.56 Å². The first-order valence-electron chi connectivity index (χ1n) is 7.92. The summed E-state index contributed by atoms with van der Waals surface area (Å²) in [7, 11) is 0. The SMILES string of the molecule is Cc1ccc(NC(=O)C(NC(=O)c2ccccc2Cl)C(C)C)c(Cl)c1. The van der Waals surface area contributed by atoms with E-state index in [1.165, 1.54) is 0 Å². The Bertz CT molecular complexity index is 791. The van der Waals surface area contributed by atoms with Crippen LogP contribution < -0.4 is 10.6 Å². The second-order valence-corrected chi connectivity index (χ2v) is 6.96. The minimum absolute atomic E-state index is 0.115. The van der Waals surface area contributed by atoms with E-state index in [4.69, 9.17) is 23.2 Å². The van der Waals surface area contributed by atoms with Crippen LogP contribution in [0.5, 0.6) is 0 Å². The van der Waals surface area contributed by atoms with E-state index in [1.54, 1.807) is 36.4 Å². The molecule has 1 atom stereocenters. The predicted molar refractivity (Wildman–Crippen MR) is 102 cm³/mol. The maximum absolute atomic E-state index is 12.6. The Labute approximate surface area is 157 Å². The number of carbonyl (C=O) groups excluding carboxylic acids is 2. The smallest absolute Gasteiger partial charge is 0.253 e. The largest absolute Gasteiger partial charge is 0.340 e. The Hall–Kier alpha value is -2.04. The number of carbonyl (C=O) groups is 2. The second-order valence-electron chi connectivity index (χ2n) is 6.15. The van der Waals surface area contributed by atoms with E-state index < -0.39 is 11.9 Å². The van der Waals surface area contributed by atoms with Crippen molar-refractivity contribution in [3.8, 4) is 0 Å². The zero-order valence-corrected chi connectivity index (χ0v) is 15.8. The number of halogens is 2. The van der Waals surface area contributed by atoms with Gasteiger partial charge in [0.1, 0.15) is 6.04 Å². The first-order valence-corrected chi connectivity index (χ1v) is 8.67. The summed E-state index contributed by atoms with van der Waals surface area (Å²) in [5.41, 5.74) is 1.83. The average molecular weight is 379 g/mol. The molecule has 0 fully saturated rings. The lowest BCUT2D eigenvalue weighted by Crippen LogP contribution is -2.47. The molecule has 25 heavy (non-hydrogen) atoms. The molecule has 4 nitrogen and oxygen atoms in total. The summed E-state index contributed by atoms with van der Waals surface area (Å²) >= 11 is 12.2. The molecule has 0 aliphatic rings. The summed E-state index contributed by atoms with van der Waals surface area (Å²) in [6.45, 7) is 5.62. The molecule has 0 aliphatic carbocycles. The van der Waals surface area contributed by atoms with Crippen molar-refractivity contribution in [3.63, 3.8) is 0 Å². The van der Waals surface area contributed by atoms with Crippen LogP contribution >= 0.6 is 23.2 Å². The van der Waals surface area contributed by atoms with Crippen LogP contribution in [0.2, 0.25) is 10.0 Å². The van der Waals surface area contributed by atoms with Gasteiger partial charge in [0.05, 0.1) is 21.3 Å². The molecule has 2 aromatic carbocycles. The second kappa shape index (κ2) is 8.37. The molecule has 2 N–H and O–H groups in total. The van der Waals surface area contributed by atoms with Crippen molar-refractivity contribution in [1.82, 2.24) is 5.32 Å². The number of anilines is 1. The van der Waals surface area contributed by atoms with Gasteiger partial charge < -0.3 is 10.6 Å². The Morgan fingerprint density at radius 3 is 2.28 bits per heavy atom. The lowest BCUT2D eigenvalue weighted by molar-refractivity contribution is -0.118. The van der Waals surface area contributed by atoms with Gasteiger partial charge in [-0.05, 0) is 42.7 Å². The molecular formula is C19H20Cl2N2O2. The highest BCUT2D eigenvalue weighted by Gasteiger charge is 2.26. The molecule has 2 rings (SSSR count). The molecule has 0 aromatic heterocycles. The molecule has 0 bridgehead atoms. The molecule has 0 saturated carbocycles. The third-order valence-electron chi connectivity index (χ3n) is 3.74. The molecule has 1 unspecified atom stereocenters. The molecule has 0 saturated heterocycles. The minimum Gasteiger partial charge on any atom is -0.340 e. The van der Waals surface area contributed by atoms with Crippen LogP contribution in [0.15, 0.2) is 42.5 Å². The van der Waals surface area contributed by atoms with E-state index in [1.807, 2.05) is 26.8 Å². The number of aryl methyl sites for hydroxylation is 1. The van der Waals surface area contributed by atoms with Crippen molar-refractivity contribution in [1.29, 1.82) is 0 Å². The Morgan fingerprint density at radius 2 is 1.68 bits per heavy atom. The molecule has 0 aliphatic heterocycles. The number of nitrogens with one attached hydrogen (secondary N) is 2. The topological polar surface area (TPSA) is 58.2 Å².